The summed E-state index contributed by atoms with van der Waals surface area (Å²) in [5.41, 5.74) is 0.918. The first-order valence-electron chi connectivity index (χ1n) is 7.01. The molecule has 6 heteroatoms. The molecule has 1 aliphatic rings. The molecule has 2 heterocycles. The SMILES string of the molecule is Cc1ccnc(SCC(=O)NCCCC2CCOC2)n1. The van der Waals surface area contributed by atoms with Gasteiger partial charge in [-0.3, -0.25) is 4.79 Å². The smallest absolute Gasteiger partial charge is 0.230 e. The number of amides is 1. The monoisotopic (exact) mass is 295 g/mol. The van der Waals surface area contributed by atoms with E-state index in [9.17, 15) is 4.79 Å². The Kier molecular flexibility index (Phi) is 6.26. The van der Waals surface area contributed by atoms with E-state index in [-0.39, 0.29) is 5.91 Å². The van der Waals surface area contributed by atoms with E-state index < -0.39 is 0 Å². The molecule has 0 aromatic carbocycles. The molecule has 5 nitrogen and oxygen atoms in total. The quantitative estimate of drug-likeness (QED) is 0.472. The van der Waals surface area contributed by atoms with Crippen molar-refractivity contribution in [3.05, 3.63) is 18.0 Å². The number of carbonyl (C=O) groups is 1. The van der Waals surface area contributed by atoms with Crippen LogP contribution < -0.4 is 5.32 Å². The van der Waals surface area contributed by atoms with E-state index in [0.29, 0.717) is 16.8 Å². The van der Waals surface area contributed by atoms with Gasteiger partial charge in [0, 0.05) is 31.6 Å². The number of aryl methyl sites for hydroxylation is 1. The lowest BCUT2D eigenvalue weighted by atomic mass is 10.0. The molecule has 20 heavy (non-hydrogen) atoms. The lowest BCUT2D eigenvalue weighted by Crippen LogP contribution is -2.26. The van der Waals surface area contributed by atoms with Crippen molar-refractivity contribution in [3.63, 3.8) is 0 Å². The standard InChI is InChI=1S/C14H21N3O2S/c1-11-4-7-16-14(17-11)20-10-13(18)15-6-2-3-12-5-8-19-9-12/h4,7,12H,2-3,5-6,8-10H2,1H3,(H,15,18). The zero-order valence-corrected chi connectivity index (χ0v) is 12.6. The van der Waals surface area contributed by atoms with Crippen molar-refractivity contribution >= 4 is 17.7 Å². The van der Waals surface area contributed by atoms with Crippen molar-refractivity contribution in [2.45, 2.75) is 31.3 Å². The van der Waals surface area contributed by atoms with Gasteiger partial charge in [-0.2, -0.15) is 0 Å². The number of hydrogen-bond donors (Lipinski definition) is 1. The molecule has 0 aliphatic carbocycles. The first kappa shape index (κ1) is 15.3. The van der Waals surface area contributed by atoms with Gasteiger partial charge in [-0.05, 0) is 38.2 Å². The van der Waals surface area contributed by atoms with Gasteiger partial charge in [0.1, 0.15) is 0 Å². The second-order valence-corrected chi connectivity index (χ2v) is 5.93. The highest BCUT2D eigenvalue weighted by Crippen LogP contribution is 2.17. The van der Waals surface area contributed by atoms with Crippen molar-refractivity contribution in [2.75, 3.05) is 25.5 Å². The molecule has 1 N–H and O–H groups in total. The molecular formula is C14H21N3O2S. The molecule has 0 spiro atoms. The number of rotatable bonds is 7. The lowest BCUT2D eigenvalue weighted by molar-refractivity contribution is -0.118. The van der Waals surface area contributed by atoms with Gasteiger partial charge in [0.25, 0.3) is 0 Å². The summed E-state index contributed by atoms with van der Waals surface area (Å²) in [6, 6.07) is 1.84. The van der Waals surface area contributed by atoms with Crippen LogP contribution in [0.15, 0.2) is 17.4 Å². The number of aromatic nitrogens is 2. The fourth-order valence-electron chi connectivity index (χ4n) is 2.11. The van der Waals surface area contributed by atoms with Gasteiger partial charge in [0.15, 0.2) is 5.16 Å². The fourth-order valence-corrected chi connectivity index (χ4v) is 2.81. The van der Waals surface area contributed by atoms with Gasteiger partial charge in [0.05, 0.1) is 5.75 Å². The summed E-state index contributed by atoms with van der Waals surface area (Å²) in [7, 11) is 0. The molecule has 1 aromatic heterocycles. The Morgan fingerprint density at radius 1 is 1.60 bits per heavy atom. The molecule has 110 valence electrons. The summed E-state index contributed by atoms with van der Waals surface area (Å²) < 4.78 is 5.33. The van der Waals surface area contributed by atoms with Gasteiger partial charge in [-0.1, -0.05) is 11.8 Å². The topological polar surface area (TPSA) is 64.1 Å². The van der Waals surface area contributed by atoms with Crippen molar-refractivity contribution in [2.24, 2.45) is 5.92 Å². The van der Waals surface area contributed by atoms with Crippen LogP contribution in [0.2, 0.25) is 0 Å². The predicted molar refractivity (Wildman–Crippen MR) is 78.7 cm³/mol. The van der Waals surface area contributed by atoms with Gasteiger partial charge in [-0.15, -0.1) is 0 Å². The Morgan fingerprint density at radius 3 is 3.25 bits per heavy atom. The first-order chi connectivity index (χ1) is 9.74. The molecule has 1 saturated heterocycles. The van der Waals surface area contributed by atoms with Gasteiger partial charge in [0.2, 0.25) is 5.91 Å². The third kappa shape index (κ3) is 5.46. The van der Waals surface area contributed by atoms with E-state index in [0.717, 1.165) is 44.7 Å². The Balaban J connectivity index is 1.56. The van der Waals surface area contributed by atoms with Crippen LogP contribution in [0.25, 0.3) is 0 Å². The number of nitrogens with zero attached hydrogens (tertiary/aromatic N) is 2. The zero-order valence-electron chi connectivity index (χ0n) is 11.8. The number of hydrogen-bond acceptors (Lipinski definition) is 5. The summed E-state index contributed by atoms with van der Waals surface area (Å²) in [4.78, 5) is 20.1. The molecule has 2 rings (SSSR count). The maximum Gasteiger partial charge on any atom is 0.230 e. The molecule has 1 aliphatic heterocycles. The van der Waals surface area contributed by atoms with E-state index in [2.05, 4.69) is 15.3 Å². The van der Waals surface area contributed by atoms with Gasteiger partial charge in [-0.25, -0.2) is 9.97 Å². The highest BCUT2D eigenvalue weighted by Gasteiger charge is 2.14. The van der Waals surface area contributed by atoms with Gasteiger partial charge < -0.3 is 10.1 Å². The minimum absolute atomic E-state index is 0.0442. The van der Waals surface area contributed by atoms with Crippen LogP contribution in [0, 0.1) is 12.8 Å². The predicted octanol–water partition coefficient (Wildman–Crippen LogP) is 1.81. The van der Waals surface area contributed by atoms with Crippen LogP contribution in [-0.2, 0) is 9.53 Å². The average molecular weight is 295 g/mol. The van der Waals surface area contributed by atoms with Crippen LogP contribution in [0.4, 0.5) is 0 Å². The highest BCUT2D eigenvalue weighted by atomic mass is 32.2. The second kappa shape index (κ2) is 8.21. The van der Waals surface area contributed by atoms with Gasteiger partial charge >= 0.3 is 0 Å². The van der Waals surface area contributed by atoms with Crippen molar-refractivity contribution in [3.8, 4) is 0 Å². The summed E-state index contributed by atoms with van der Waals surface area (Å²) in [5, 5.41) is 3.59. The summed E-state index contributed by atoms with van der Waals surface area (Å²) >= 11 is 1.37. The third-order valence-electron chi connectivity index (χ3n) is 3.24. The van der Waals surface area contributed by atoms with E-state index in [1.807, 2.05) is 13.0 Å². The van der Waals surface area contributed by atoms with E-state index in [1.165, 1.54) is 11.8 Å². The van der Waals surface area contributed by atoms with E-state index in [4.69, 9.17) is 4.74 Å². The molecule has 1 unspecified atom stereocenters. The normalized spacial score (nSPS) is 18.1. The van der Waals surface area contributed by atoms with Crippen LogP contribution in [0.5, 0.6) is 0 Å². The molecule has 1 atom stereocenters. The number of nitrogens with one attached hydrogen (secondary N) is 1. The number of thioether (sulfide) groups is 1. The molecular weight excluding hydrogens is 274 g/mol. The Labute approximate surface area is 123 Å². The van der Waals surface area contributed by atoms with Crippen molar-refractivity contribution in [1.29, 1.82) is 0 Å². The first-order valence-corrected chi connectivity index (χ1v) is 7.99. The minimum Gasteiger partial charge on any atom is -0.381 e. The van der Waals surface area contributed by atoms with Crippen LogP contribution >= 0.6 is 11.8 Å². The second-order valence-electron chi connectivity index (χ2n) is 4.99. The number of ether oxygens (including phenoxy) is 1. The Bertz CT molecular complexity index is 436. The highest BCUT2D eigenvalue weighted by molar-refractivity contribution is 7.99. The number of carbonyl (C=O) groups excluding carboxylic acids is 1. The zero-order chi connectivity index (χ0) is 14.2. The Hall–Kier alpha value is -1.14. The maximum atomic E-state index is 11.7. The maximum absolute atomic E-state index is 11.7. The van der Waals surface area contributed by atoms with E-state index in [1.54, 1.807) is 6.20 Å². The summed E-state index contributed by atoms with van der Waals surface area (Å²) in [5.74, 6) is 1.10. The molecule has 0 saturated carbocycles. The summed E-state index contributed by atoms with van der Waals surface area (Å²) in [6.45, 7) is 4.43. The van der Waals surface area contributed by atoms with Crippen molar-refractivity contribution < 1.29 is 9.53 Å². The largest absolute Gasteiger partial charge is 0.381 e. The molecule has 0 radical (unpaired) electrons. The fraction of sp³-hybridized carbons (Fsp3) is 0.643. The molecule has 0 bridgehead atoms. The van der Waals surface area contributed by atoms with Crippen LogP contribution in [0.1, 0.15) is 25.0 Å². The molecule has 1 aromatic rings. The minimum atomic E-state index is 0.0442. The van der Waals surface area contributed by atoms with Crippen LogP contribution in [-0.4, -0.2) is 41.4 Å². The third-order valence-corrected chi connectivity index (χ3v) is 4.10. The lowest BCUT2D eigenvalue weighted by Gasteiger charge is -2.08. The van der Waals surface area contributed by atoms with E-state index >= 15 is 0 Å². The van der Waals surface area contributed by atoms with Crippen LogP contribution in [0.3, 0.4) is 0 Å². The average Bonchev–Trinajstić information content (AvgIpc) is 2.95. The Morgan fingerprint density at radius 2 is 2.50 bits per heavy atom. The summed E-state index contributed by atoms with van der Waals surface area (Å²) in [6.07, 6.45) is 5.03. The molecule has 1 fully saturated rings. The van der Waals surface area contributed by atoms with Crippen molar-refractivity contribution in [1.82, 2.24) is 15.3 Å². The molecule has 1 amide bonds.